The smallest absolute Gasteiger partial charge is 0.416 e. The zero-order chi connectivity index (χ0) is 20.0. The molecule has 2 rings (SSSR count). The lowest BCUT2D eigenvalue weighted by Crippen LogP contribution is -2.14. The monoisotopic (exact) mass is 378 g/mol. The van der Waals surface area contributed by atoms with E-state index in [1.807, 2.05) is 26.8 Å². The average molecular weight is 378 g/mol. The molecule has 1 aromatic rings. The van der Waals surface area contributed by atoms with Gasteiger partial charge in [-0.1, -0.05) is 55.2 Å². The third kappa shape index (κ3) is 6.02. The minimum absolute atomic E-state index is 0.00614. The summed E-state index contributed by atoms with van der Waals surface area (Å²) in [6, 6.07) is 4.42. The molecule has 1 aromatic carbocycles. The molecule has 0 bridgehead atoms. The largest absolute Gasteiger partial charge is 0.489 e. The number of ether oxygens (including phenoxy) is 1. The highest BCUT2D eigenvalue weighted by molar-refractivity contribution is 5.40. The van der Waals surface area contributed by atoms with E-state index in [1.54, 1.807) is 18.2 Å². The number of alkyl halides is 3. The van der Waals surface area contributed by atoms with Crippen molar-refractivity contribution in [1.29, 1.82) is 0 Å². The van der Waals surface area contributed by atoms with Crippen LogP contribution in [-0.2, 0) is 6.18 Å². The molecule has 0 amide bonds. The summed E-state index contributed by atoms with van der Waals surface area (Å²) in [5.41, 5.74) is 2.95. The van der Waals surface area contributed by atoms with Gasteiger partial charge in [0.2, 0.25) is 0 Å². The Labute approximate surface area is 160 Å². The van der Waals surface area contributed by atoms with Crippen LogP contribution in [0.4, 0.5) is 13.2 Å². The van der Waals surface area contributed by atoms with Crippen LogP contribution in [0.2, 0.25) is 0 Å². The van der Waals surface area contributed by atoms with Gasteiger partial charge in [0.05, 0.1) is 5.56 Å². The molecule has 1 aliphatic carbocycles. The summed E-state index contributed by atoms with van der Waals surface area (Å²) in [6.07, 6.45) is 4.01. The van der Waals surface area contributed by atoms with Gasteiger partial charge in [-0.25, -0.2) is 0 Å². The van der Waals surface area contributed by atoms with E-state index in [4.69, 9.17) is 4.74 Å². The Morgan fingerprint density at radius 1 is 1.15 bits per heavy atom. The van der Waals surface area contributed by atoms with Crippen molar-refractivity contribution in [1.82, 2.24) is 0 Å². The summed E-state index contributed by atoms with van der Waals surface area (Å²) in [5, 5.41) is 0. The van der Waals surface area contributed by atoms with Crippen molar-refractivity contribution < 1.29 is 17.9 Å². The van der Waals surface area contributed by atoms with E-state index < -0.39 is 11.7 Å². The molecule has 27 heavy (non-hydrogen) atoms. The molecule has 0 aliphatic heterocycles. The van der Waals surface area contributed by atoms with Gasteiger partial charge in [-0.15, -0.1) is 0 Å². The summed E-state index contributed by atoms with van der Waals surface area (Å²) < 4.78 is 46.5. The van der Waals surface area contributed by atoms with Gasteiger partial charge in [0, 0.05) is 0 Å². The van der Waals surface area contributed by atoms with Crippen molar-refractivity contribution in [2.24, 2.45) is 0 Å². The summed E-state index contributed by atoms with van der Waals surface area (Å²) in [7, 11) is 0. The maximum atomic E-state index is 13.6. The number of allylic oxidation sites excluding steroid dienone is 3. The van der Waals surface area contributed by atoms with Crippen molar-refractivity contribution in [3.05, 3.63) is 64.8 Å². The van der Waals surface area contributed by atoms with Crippen LogP contribution in [0.5, 0.6) is 5.75 Å². The first kappa shape index (κ1) is 21.3. The lowest BCUT2D eigenvalue weighted by Gasteiger charge is -2.25. The van der Waals surface area contributed by atoms with Gasteiger partial charge in [-0.05, 0) is 62.8 Å². The highest BCUT2D eigenvalue weighted by Crippen LogP contribution is 2.42. The van der Waals surface area contributed by atoms with Crippen LogP contribution < -0.4 is 4.74 Å². The van der Waals surface area contributed by atoms with Crippen LogP contribution in [0.25, 0.3) is 0 Å². The van der Waals surface area contributed by atoms with Crippen molar-refractivity contribution in [3.63, 3.8) is 0 Å². The van der Waals surface area contributed by atoms with Crippen LogP contribution in [0.1, 0.15) is 69.9 Å². The molecule has 0 aromatic heterocycles. The Bertz CT molecular complexity index is 716. The molecule has 0 atom stereocenters. The molecule has 0 N–H and O–H groups in total. The zero-order valence-electron chi connectivity index (χ0n) is 16.5. The van der Waals surface area contributed by atoms with Gasteiger partial charge in [-0.3, -0.25) is 0 Å². The van der Waals surface area contributed by atoms with Gasteiger partial charge in [-0.2, -0.15) is 13.2 Å². The summed E-state index contributed by atoms with van der Waals surface area (Å²) >= 11 is 0. The van der Waals surface area contributed by atoms with E-state index in [2.05, 4.69) is 6.58 Å². The summed E-state index contributed by atoms with van der Waals surface area (Å²) in [5.74, 6) is 0.234. The first-order valence-electron chi connectivity index (χ1n) is 9.53. The Hall–Kier alpha value is -1.97. The number of rotatable bonds is 6. The second-order valence-electron chi connectivity index (χ2n) is 7.48. The Morgan fingerprint density at radius 2 is 1.81 bits per heavy atom. The molecule has 0 spiro atoms. The first-order valence-corrected chi connectivity index (χ1v) is 9.53. The normalized spacial score (nSPS) is 16.1. The third-order valence-electron chi connectivity index (χ3n) is 5.23. The molecule has 0 heterocycles. The summed E-state index contributed by atoms with van der Waals surface area (Å²) in [6.45, 7) is 9.96. The fourth-order valence-electron chi connectivity index (χ4n) is 3.39. The molecule has 148 valence electrons. The van der Waals surface area contributed by atoms with Crippen LogP contribution in [0, 0.1) is 0 Å². The molecular formula is C23H29F3O. The van der Waals surface area contributed by atoms with Gasteiger partial charge in [0.1, 0.15) is 12.4 Å². The average Bonchev–Trinajstić information content (AvgIpc) is 2.64. The third-order valence-corrected chi connectivity index (χ3v) is 5.23. The van der Waals surface area contributed by atoms with Crippen molar-refractivity contribution in [3.8, 4) is 5.75 Å². The number of halogens is 3. The van der Waals surface area contributed by atoms with Crippen LogP contribution >= 0.6 is 0 Å². The molecular weight excluding hydrogens is 349 g/mol. The molecule has 0 unspecified atom stereocenters. The van der Waals surface area contributed by atoms with E-state index >= 15 is 0 Å². The minimum atomic E-state index is -4.37. The lowest BCUT2D eigenvalue weighted by atomic mass is 9.82. The molecule has 0 radical (unpaired) electrons. The van der Waals surface area contributed by atoms with Crippen molar-refractivity contribution in [2.45, 2.75) is 65.0 Å². The standard InChI is InChI=1S/C23H29F3O/c1-5-18(13-17(4)16(2)3)15-27-20-11-12-21(19-9-7-6-8-10-19)22(14-20)23(24,25)26/h5,11-14,19H,1,6-10,15H2,2-4H3/b18-13+. The Balaban J connectivity index is 2.23. The Kier molecular flexibility index (Phi) is 7.34. The zero-order valence-corrected chi connectivity index (χ0v) is 16.5. The van der Waals surface area contributed by atoms with E-state index in [9.17, 15) is 13.2 Å². The highest BCUT2D eigenvalue weighted by Gasteiger charge is 2.36. The van der Waals surface area contributed by atoms with E-state index in [0.717, 1.165) is 49.3 Å². The molecule has 1 aliphatic rings. The van der Waals surface area contributed by atoms with Gasteiger partial charge in [0.25, 0.3) is 0 Å². The maximum Gasteiger partial charge on any atom is 0.416 e. The number of benzene rings is 1. The predicted molar refractivity (Wildman–Crippen MR) is 105 cm³/mol. The fraction of sp³-hybridized carbons (Fsp3) is 0.478. The van der Waals surface area contributed by atoms with Crippen LogP contribution in [0.3, 0.4) is 0 Å². The SMILES string of the molecule is C=C/C(=C\C(C)=C(C)C)COc1ccc(C2CCCCC2)c(C(F)(F)F)c1. The topological polar surface area (TPSA) is 9.23 Å². The number of hydrogen-bond acceptors (Lipinski definition) is 1. The van der Waals surface area contributed by atoms with Gasteiger partial charge in [0.15, 0.2) is 0 Å². The highest BCUT2D eigenvalue weighted by atomic mass is 19.4. The fourth-order valence-corrected chi connectivity index (χ4v) is 3.39. The van der Waals surface area contributed by atoms with E-state index in [0.29, 0.717) is 5.56 Å². The summed E-state index contributed by atoms with van der Waals surface area (Å²) in [4.78, 5) is 0. The van der Waals surface area contributed by atoms with Gasteiger partial charge >= 0.3 is 6.18 Å². The van der Waals surface area contributed by atoms with Crippen LogP contribution in [-0.4, -0.2) is 6.61 Å². The molecule has 1 saturated carbocycles. The molecule has 1 nitrogen and oxygen atoms in total. The molecule has 1 fully saturated rings. The molecule has 4 heteroatoms. The first-order chi connectivity index (χ1) is 12.7. The number of hydrogen-bond donors (Lipinski definition) is 0. The van der Waals surface area contributed by atoms with Gasteiger partial charge < -0.3 is 4.74 Å². The van der Waals surface area contributed by atoms with Crippen LogP contribution in [0.15, 0.2) is 53.6 Å². The van der Waals surface area contributed by atoms with E-state index in [-0.39, 0.29) is 18.3 Å². The Morgan fingerprint density at radius 3 is 2.37 bits per heavy atom. The van der Waals surface area contributed by atoms with Crippen molar-refractivity contribution in [2.75, 3.05) is 6.61 Å². The van der Waals surface area contributed by atoms with Crippen molar-refractivity contribution >= 4 is 0 Å². The maximum absolute atomic E-state index is 13.6. The lowest BCUT2D eigenvalue weighted by molar-refractivity contribution is -0.138. The second kappa shape index (κ2) is 9.29. The minimum Gasteiger partial charge on any atom is -0.489 e. The molecule has 0 saturated heterocycles. The predicted octanol–water partition coefficient (Wildman–Crippen LogP) is 7.60. The quantitative estimate of drug-likeness (QED) is 0.463. The second-order valence-corrected chi connectivity index (χ2v) is 7.48. The van der Waals surface area contributed by atoms with E-state index in [1.165, 1.54) is 5.57 Å².